The number of unbranched alkanes of at least 4 members (excludes halogenated alkanes) is 5. The van der Waals surface area contributed by atoms with E-state index in [0.29, 0.717) is 6.54 Å². The molecule has 388 valence electrons. The predicted molar refractivity (Wildman–Crippen MR) is 306 cm³/mol. The number of hydrogen-bond acceptors (Lipinski definition) is 6. The van der Waals surface area contributed by atoms with E-state index in [1.807, 2.05) is 13.8 Å². The molecular weight excluding hydrogens is 919 g/mol. The minimum atomic E-state index is -3.65. The third kappa shape index (κ3) is 13.5. The van der Waals surface area contributed by atoms with E-state index >= 15 is 0 Å². The van der Waals surface area contributed by atoms with Gasteiger partial charge in [0.1, 0.15) is 6.54 Å². The second-order valence-electron chi connectivity index (χ2n) is 22.0. The van der Waals surface area contributed by atoms with Gasteiger partial charge in [-0.1, -0.05) is 125 Å². The fraction of sp³-hybridized carbons (Fsp3) is 0.517. The van der Waals surface area contributed by atoms with Gasteiger partial charge >= 0.3 is 0 Å². The van der Waals surface area contributed by atoms with Crippen molar-refractivity contribution in [2.75, 3.05) is 62.6 Å². The molecule has 0 aromatic heterocycles. The van der Waals surface area contributed by atoms with Crippen LogP contribution in [-0.4, -0.2) is 75.2 Å². The molecule has 0 saturated heterocycles. The number of sulfonamides is 2. The topological polar surface area (TPSA) is 116 Å². The molecule has 0 spiro atoms. The van der Waals surface area contributed by atoms with Crippen LogP contribution < -0.4 is 34.8 Å². The summed E-state index contributed by atoms with van der Waals surface area (Å²) < 4.78 is 55.3. The lowest BCUT2D eigenvalue weighted by Gasteiger charge is -2.38. The maximum absolute atomic E-state index is 13.0. The van der Waals surface area contributed by atoms with Gasteiger partial charge in [0.2, 0.25) is 25.4 Å². The lowest BCUT2D eigenvalue weighted by molar-refractivity contribution is 0.401. The number of benzene rings is 3. The molecule has 9 nitrogen and oxygen atoms in total. The maximum Gasteiger partial charge on any atom is 0.215 e. The van der Waals surface area contributed by atoms with Crippen LogP contribution in [0.25, 0.3) is 17.7 Å². The molecule has 0 atom stereocenters. The average Bonchev–Trinajstić information content (AvgIpc) is 3.28. The highest BCUT2D eigenvalue weighted by atomic mass is 32.2. The molecule has 0 amide bonds. The number of fused-ring (bicyclic) bond motifs is 5. The Morgan fingerprint density at radius 3 is 1.90 bits per heavy atom. The number of allylic oxidation sites excluding steroid dienone is 6. The van der Waals surface area contributed by atoms with Gasteiger partial charge in [-0.15, -0.1) is 0 Å². The van der Waals surface area contributed by atoms with E-state index in [9.17, 15) is 16.8 Å². The molecule has 4 aliphatic rings. The molecule has 0 unspecified atom stereocenters. The number of nitrogens with zero attached hydrogens (tertiary/aromatic N) is 3. The zero-order chi connectivity index (χ0) is 52.9. The fourth-order valence-electron chi connectivity index (χ4n) is 10.8. The van der Waals surface area contributed by atoms with Crippen LogP contribution in [0, 0.1) is 5.92 Å². The highest BCUT2D eigenvalue weighted by molar-refractivity contribution is 7.89. The summed E-state index contributed by atoms with van der Waals surface area (Å²) in [5.74, 6) is 0.151. The van der Waals surface area contributed by atoms with E-state index in [1.165, 1.54) is 76.0 Å². The van der Waals surface area contributed by atoms with Gasteiger partial charge in [0.25, 0.3) is 0 Å². The summed E-state index contributed by atoms with van der Waals surface area (Å²) in [6.07, 6.45) is 20.9. The Bertz CT molecular complexity index is 2960. The van der Waals surface area contributed by atoms with Crippen molar-refractivity contribution in [3.8, 4) is 0 Å². The first-order chi connectivity index (χ1) is 33.2. The molecular formula is C60H88N5O4S2+. The minimum Gasteiger partial charge on any atom is -0.378 e. The molecule has 1 heterocycles. The molecule has 11 heteroatoms. The summed E-state index contributed by atoms with van der Waals surface area (Å²) >= 11 is 0. The number of hydrogen-bond donors (Lipinski definition) is 2. The number of nitrogens with two attached hydrogens (primary N) is 1. The van der Waals surface area contributed by atoms with Crippen molar-refractivity contribution in [2.24, 2.45) is 11.1 Å². The second-order valence-corrected chi connectivity index (χ2v) is 25.4. The van der Waals surface area contributed by atoms with Crippen molar-refractivity contribution in [3.05, 3.63) is 139 Å². The SMILES string of the molecule is CC.CCCCCCCCNS(=O)(=O)C/C(=C/C(C)C)C1=CC2=Cc3ccc(N(C)C)cc3C(C)(C)C2=CC1.CC[N+]1=c2cc3c(cc2C(CS(N)(=O)=O)=CC1(C)C)=Cc1ccc(N(C)C)cc1C3(C)C. The molecule has 0 radical (unpaired) electrons. The lowest BCUT2D eigenvalue weighted by Crippen LogP contribution is -2.51. The summed E-state index contributed by atoms with van der Waals surface area (Å²) in [6.45, 7) is 27.3. The van der Waals surface area contributed by atoms with Crippen LogP contribution in [0.3, 0.4) is 0 Å². The third-order valence-electron chi connectivity index (χ3n) is 14.4. The predicted octanol–water partition coefficient (Wildman–Crippen LogP) is 10.8. The Morgan fingerprint density at radius 2 is 1.34 bits per heavy atom. The molecule has 3 N–H and O–H groups in total. The lowest BCUT2D eigenvalue weighted by atomic mass is 9.67. The zero-order valence-corrected chi connectivity index (χ0v) is 47.9. The van der Waals surface area contributed by atoms with Crippen LogP contribution >= 0.6 is 0 Å². The van der Waals surface area contributed by atoms with E-state index in [-0.39, 0.29) is 33.8 Å². The molecule has 1 aliphatic heterocycles. The van der Waals surface area contributed by atoms with Gasteiger partial charge in [-0.25, -0.2) is 31.3 Å². The Morgan fingerprint density at radius 1 is 0.761 bits per heavy atom. The molecule has 0 fully saturated rings. The van der Waals surface area contributed by atoms with E-state index < -0.39 is 20.0 Å². The standard InChI is InChI=1S/C32H48N2O2S.C26H34N3O2S.C2H6/c1-8-9-10-11-12-13-18-33-37(35,36)23-28(19-24(2)3)25-15-17-30-27(20-25)21-26-14-16-29(34(6)7)22-31(26)32(30,4)5;1-8-29-24-14-23-18(12-21(24)19(15-25(29,2)3)16-32(27,30)31)11-17-9-10-20(28(6)7)13-22(17)26(23,4)5;1-2/h14,16-17,19-22,24,33H,8-13,15,18,23H2,1-7H3;9-15H,8,16H2,1-7H3,(H2,27,30,31);1-2H3/q;+1;/b28-19-;;. The quantitative estimate of drug-likeness (QED) is 0.103. The van der Waals surface area contributed by atoms with E-state index in [1.54, 1.807) is 0 Å². The molecule has 0 bridgehead atoms. The van der Waals surface area contributed by atoms with Gasteiger partial charge < -0.3 is 9.80 Å². The third-order valence-corrected chi connectivity index (χ3v) is 16.5. The van der Waals surface area contributed by atoms with Crippen molar-refractivity contribution in [3.63, 3.8) is 0 Å². The van der Waals surface area contributed by atoms with Gasteiger partial charge in [-0.2, -0.15) is 0 Å². The van der Waals surface area contributed by atoms with Gasteiger partial charge in [-0.3, -0.25) is 0 Å². The number of nitrogens with one attached hydrogen (secondary N) is 1. The molecule has 3 aliphatic carbocycles. The number of primary sulfonamides is 1. The van der Waals surface area contributed by atoms with Crippen LogP contribution in [0.15, 0.2) is 95.1 Å². The zero-order valence-electron chi connectivity index (χ0n) is 46.3. The number of rotatable bonds is 17. The van der Waals surface area contributed by atoms with Gasteiger partial charge in [0, 0.05) is 76.9 Å². The van der Waals surface area contributed by atoms with Crippen molar-refractivity contribution < 1.29 is 16.8 Å². The van der Waals surface area contributed by atoms with Gasteiger partial charge in [0.05, 0.1) is 17.1 Å². The van der Waals surface area contributed by atoms with Crippen LogP contribution in [0.2, 0.25) is 0 Å². The summed E-state index contributed by atoms with van der Waals surface area (Å²) in [6, 6.07) is 17.7. The summed E-state index contributed by atoms with van der Waals surface area (Å²) in [4.78, 5) is 4.27. The van der Waals surface area contributed by atoms with Gasteiger partial charge in [-0.05, 0) is 135 Å². The summed E-state index contributed by atoms with van der Waals surface area (Å²) in [7, 11) is 1.24. The fourth-order valence-corrected chi connectivity index (χ4v) is 12.7. The number of likely N-dealkylation sites (N-methyl/N-ethyl adjacent to an activating group) is 1. The van der Waals surface area contributed by atoms with Crippen molar-refractivity contribution in [1.29, 1.82) is 0 Å². The van der Waals surface area contributed by atoms with Crippen molar-refractivity contribution >= 4 is 49.1 Å². The first-order valence-electron chi connectivity index (χ1n) is 26.2. The number of anilines is 2. The monoisotopic (exact) mass is 1010 g/mol. The maximum atomic E-state index is 13.0. The molecule has 3 aromatic rings. The van der Waals surface area contributed by atoms with Crippen molar-refractivity contribution in [1.82, 2.24) is 9.30 Å². The Hall–Kier alpha value is -4.55. The smallest absolute Gasteiger partial charge is 0.215 e. The summed E-state index contributed by atoms with van der Waals surface area (Å²) in [5.41, 5.74) is 14.4. The first kappa shape index (κ1) is 57.4. The molecule has 3 aromatic carbocycles. The normalized spacial score (nSPS) is 17.2. The highest BCUT2D eigenvalue weighted by Crippen LogP contribution is 2.47. The van der Waals surface area contributed by atoms with Crippen LogP contribution in [0.1, 0.15) is 161 Å². The molecule has 0 saturated carbocycles. The Kier molecular flexibility index (Phi) is 18.7. The average molecular weight is 1010 g/mol. The Balaban J connectivity index is 0.000000257. The van der Waals surface area contributed by atoms with Crippen LogP contribution in [-0.2, 0) is 30.9 Å². The van der Waals surface area contributed by atoms with Crippen LogP contribution in [0.4, 0.5) is 11.4 Å². The van der Waals surface area contributed by atoms with Crippen LogP contribution in [0.5, 0.6) is 0 Å². The van der Waals surface area contributed by atoms with E-state index in [0.717, 1.165) is 58.7 Å². The first-order valence-corrected chi connectivity index (χ1v) is 29.5. The van der Waals surface area contributed by atoms with E-state index in [4.69, 9.17) is 5.14 Å². The second kappa shape index (κ2) is 23.1. The van der Waals surface area contributed by atoms with Crippen molar-refractivity contribution in [2.45, 2.75) is 144 Å². The largest absolute Gasteiger partial charge is 0.378 e. The van der Waals surface area contributed by atoms with Gasteiger partial charge in [0.15, 0.2) is 5.54 Å². The Labute approximate surface area is 430 Å². The highest BCUT2D eigenvalue weighted by Gasteiger charge is 2.38. The summed E-state index contributed by atoms with van der Waals surface area (Å²) in [5, 5.41) is 7.68. The minimum absolute atomic E-state index is 0.0372. The molecule has 7 rings (SSSR count). The molecule has 71 heavy (non-hydrogen) atoms. The van der Waals surface area contributed by atoms with E-state index in [2.05, 4.69) is 202 Å².